The van der Waals surface area contributed by atoms with E-state index in [0.717, 1.165) is 0 Å². The van der Waals surface area contributed by atoms with Gasteiger partial charge in [0.25, 0.3) is 0 Å². The van der Waals surface area contributed by atoms with E-state index in [1.54, 1.807) is 19.1 Å². The van der Waals surface area contributed by atoms with Crippen molar-refractivity contribution in [1.82, 2.24) is 5.32 Å². The van der Waals surface area contributed by atoms with E-state index in [1.807, 2.05) is 6.92 Å². The number of benzene rings is 1. The highest BCUT2D eigenvalue weighted by Crippen LogP contribution is 2.45. The molecule has 1 aromatic carbocycles. The molecule has 0 aromatic heterocycles. The first-order valence-electron chi connectivity index (χ1n) is 10.1. The Labute approximate surface area is 180 Å². The third-order valence-corrected chi connectivity index (χ3v) is 5.69. The van der Waals surface area contributed by atoms with Gasteiger partial charge in [0.05, 0.1) is 19.3 Å². The molecule has 1 aliphatic carbocycles. The van der Waals surface area contributed by atoms with Gasteiger partial charge in [0, 0.05) is 30.0 Å². The quantitative estimate of drug-likeness (QED) is 0.402. The molecule has 2 aliphatic rings. The Kier molecular flexibility index (Phi) is 6.80. The van der Waals surface area contributed by atoms with E-state index in [1.165, 1.54) is 26.4 Å². The maximum absolute atomic E-state index is 13.5. The van der Waals surface area contributed by atoms with Crippen molar-refractivity contribution in [3.8, 4) is 5.75 Å². The molecule has 8 heteroatoms. The summed E-state index contributed by atoms with van der Waals surface area (Å²) in [5.41, 5.74) is 2.36. The van der Waals surface area contributed by atoms with Crippen molar-refractivity contribution in [2.75, 3.05) is 27.4 Å². The van der Waals surface area contributed by atoms with Crippen LogP contribution in [0, 0.1) is 11.8 Å². The highest BCUT2D eigenvalue weighted by Gasteiger charge is 2.47. The molecule has 2 N–H and O–H groups in total. The van der Waals surface area contributed by atoms with Gasteiger partial charge in [0.15, 0.2) is 5.78 Å². The maximum Gasteiger partial charge on any atom is 0.336 e. The van der Waals surface area contributed by atoms with Crippen LogP contribution in [0.25, 0.3) is 0 Å². The number of ketones is 1. The molecule has 0 radical (unpaired) electrons. The van der Waals surface area contributed by atoms with Gasteiger partial charge >= 0.3 is 11.9 Å². The van der Waals surface area contributed by atoms with Gasteiger partial charge in [0.1, 0.15) is 18.3 Å². The van der Waals surface area contributed by atoms with Crippen LogP contribution in [0.5, 0.6) is 5.75 Å². The molecule has 166 valence electrons. The van der Waals surface area contributed by atoms with Crippen LogP contribution in [0.2, 0.25) is 0 Å². The lowest BCUT2D eigenvalue weighted by atomic mass is 9.69. The summed E-state index contributed by atoms with van der Waals surface area (Å²) in [7, 11) is 2.75. The number of methoxy groups -OCH3 is 2. The first-order valence-corrected chi connectivity index (χ1v) is 10.1. The van der Waals surface area contributed by atoms with Crippen molar-refractivity contribution in [2.45, 2.75) is 26.2 Å². The molecule has 1 aliphatic heterocycles. The SMILES string of the molecule is COCCOC(=O)C1=C(C)NC2=C(C(=O)[C@H](C(=O)OC)[C@H](C)C2)[C@@H]1c1cccc(O)c1. The summed E-state index contributed by atoms with van der Waals surface area (Å²) in [5.74, 6) is -3.60. The molecule has 1 aromatic rings. The summed E-state index contributed by atoms with van der Waals surface area (Å²) in [6.07, 6.45) is 0.444. The molecule has 0 spiro atoms. The van der Waals surface area contributed by atoms with Crippen molar-refractivity contribution in [1.29, 1.82) is 0 Å². The fourth-order valence-electron chi connectivity index (χ4n) is 4.28. The minimum Gasteiger partial charge on any atom is -0.508 e. The van der Waals surface area contributed by atoms with Crippen molar-refractivity contribution >= 4 is 17.7 Å². The lowest BCUT2D eigenvalue weighted by Gasteiger charge is -2.38. The van der Waals surface area contributed by atoms with Gasteiger partial charge in [-0.3, -0.25) is 9.59 Å². The molecule has 8 nitrogen and oxygen atoms in total. The van der Waals surface area contributed by atoms with E-state index in [9.17, 15) is 19.5 Å². The molecule has 0 saturated heterocycles. The second kappa shape index (κ2) is 9.34. The number of aromatic hydroxyl groups is 1. The van der Waals surface area contributed by atoms with Gasteiger partial charge in [-0.05, 0) is 37.0 Å². The van der Waals surface area contributed by atoms with Crippen molar-refractivity contribution in [3.05, 3.63) is 52.4 Å². The van der Waals surface area contributed by atoms with Crippen LogP contribution in [0.1, 0.15) is 31.7 Å². The molecule has 3 atom stereocenters. The number of carbonyl (C=O) groups excluding carboxylic acids is 3. The van der Waals surface area contributed by atoms with Crippen LogP contribution in [-0.4, -0.2) is 50.3 Å². The van der Waals surface area contributed by atoms with Crippen molar-refractivity contribution < 1.29 is 33.7 Å². The molecule has 0 bridgehead atoms. The van der Waals surface area contributed by atoms with Crippen LogP contribution >= 0.6 is 0 Å². The van der Waals surface area contributed by atoms with Gasteiger partial charge < -0.3 is 24.6 Å². The fraction of sp³-hybridized carbons (Fsp3) is 0.435. The first-order chi connectivity index (χ1) is 14.8. The van der Waals surface area contributed by atoms with Gasteiger partial charge in [-0.15, -0.1) is 0 Å². The Morgan fingerprint density at radius 1 is 1.23 bits per heavy atom. The Bertz CT molecular complexity index is 962. The number of phenols is 1. The van der Waals surface area contributed by atoms with Crippen LogP contribution < -0.4 is 5.32 Å². The zero-order valence-corrected chi connectivity index (χ0v) is 18.1. The van der Waals surface area contributed by atoms with Crippen molar-refractivity contribution in [2.24, 2.45) is 11.8 Å². The number of esters is 2. The lowest BCUT2D eigenvalue weighted by molar-refractivity contribution is -0.151. The largest absolute Gasteiger partial charge is 0.508 e. The Morgan fingerprint density at radius 3 is 2.61 bits per heavy atom. The smallest absolute Gasteiger partial charge is 0.336 e. The number of rotatable bonds is 6. The predicted molar refractivity (Wildman–Crippen MR) is 111 cm³/mol. The number of phenolic OH excluding ortho intramolecular Hbond substituents is 1. The second-order valence-electron chi connectivity index (χ2n) is 7.76. The molecular weight excluding hydrogens is 402 g/mol. The second-order valence-corrected chi connectivity index (χ2v) is 7.76. The van der Waals surface area contributed by atoms with E-state index in [0.29, 0.717) is 29.0 Å². The molecule has 0 fully saturated rings. The van der Waals surface area contributed by atoms with Crippen LogP contribution in [0.4, 0.5) is 0 Å². The Hall–Kier alpha value is -3.13. The predicted octanol–water partition coefficient (Wildman–Crippen LogP) is 2.19. The highest BCUT2D eigenvalue weighted by atomic mass is 16.6. The zero-order chi connectivity index (χ0) is 22.7. The van der Waals surface area contributed by atoms with E-state index in [4.69, 9.17) is 14.2 Å². The Balaban J connectivity index is 2.12. The fourth-order valence-corrected chi connectivity index (χ4v) is 4.28. The molecule has 3 rings (SSSR count). The standard InChI is InChI=1S/C23H27NO7/c1-12-10-16-20(21(26)17(12)22(27)30-4)19(14-6-5-7-15(25)11-14)18(13(2)24-16)23(28)31-9-8-29-3/h5-7,11-12,17,19,24-25H,8-10H2,1-4H3/t12-,17-,19-/m1/s1. The normalized spacial score (nSPS) is 23.2. The minimum absolute atomic E-state index is 0.00378. The summed E-state index contributed by atoms with van der Waals surface area (Å²) in [6, 6.07) is 6.39. The zero-order valence-electron chi connectivity index (χ0n) is 18.1. The van der Waals surface area contributed by atoms with Crippen LogP contribution in [0.15, 0.2) is 46.8 Å². The monoisotopic (exact) mass is 429 g/mol. The number of hydrogen-bond donors (Lipinski definition) is 2. The highest BCUT2D eigenvalue weighted by molar-refractivity contribution is 6.12. The van der Waals surface area contributed by atoms with Gasteiger partial charge in [-0.25, -0.2) is 4.79 Å². The number of Topliss-reactive ketones (excluding diaryl/α,β-unsaturated/α-hetero) is 1. The number of nitrogens with one attached hydrogen (secondary N) is 1. The average molecular weight is 429 g/mol. The molecule has 0 amide bonds. The molecular formula is C23H27NO7. The summed E-state index contributed by atoms with van der Waals surface area (Å²) in [5, 5.41) is 13.2. The molecule has 31 heavy (non-hydrogen) atoms. The van der Waals surface area contributed by atoms with E-state index >= 15 is 0 Å². The van der Waals surface area contributed by atoms with Crippen molar-refractivity contribution in [3.63, 3.8) is 0 Å². The number of ether oxygens (including phenoxy) is 3. The van der Waals surface area contributed by atoms with Crippen LogP contribution in [0.3, 0.4) is 0 Å². The number of hydrogen-bond acceptors (Lipinski definition) is 8. The first kappa shape index (κ1) is 22.6. The lowest BCUT2D eigenvalue weighted by Crippen LogP contribution is -2.43. The molecule has 1 heterocycles. The molecule has 0 unspecified atom stereocenters. The Morgan fingerprint density at radius 2 is 1.97 bits per heavy atom. The van der Waals surface area contributed by atoms with Gasteiger partial charge in [0.2, 0.25) is 0 Å². The maximum atomic E-state index is 13.5. The average Bonchev–Trinajstić information content (AvgIpc) is 2.72. The topological polar surface area (TPSA) is 111 Å². The molecule has 0 saturated carbocycles. The number of dihydropyridines is 1. The van der Waals surface area contributed by atoms with Crippen LogP contribution in [-0.2, 0) is 28.6 Å². The van der Waals surface area contributed by atoms with E-state index < -0.39 is 29.6 Å². The van der Waals surface area contributed by atoms with E-state index in [2.05, 4.69) is 5.32 Å². The number of carbonyl (C=O) groups is 3. The summed E-state index contributed by atoms with van der Waals surface area (Å²) >= 11 is 0. The number of allylic oxidation sites excluding steroid dienone is 3. The minimum atomic E-state index is -0.963. The summed E-state index contributed by atoms with van der Waals surface area (Å²) in [6.45, 7) is 3.85. The third kappa shape index (κ3) is 4.34. The third-order valence-electron chi connectivity index (χ3n) is 5.69. The summed E-state index contributed by atoms with van der Waals surface area (Å²) < 4.78 is 15.2. The van der Waals surface area contributed by atoms with Gasteiger partial charge in [-0.1, -0.05) is 19.1 Å². The van der Waals surface area contributed by atoms with Gasteiger partial charge in [-0.2, -0.15) is 0 Å². The summed E-state index contributed by atoms with van der Waals surface area (Å²) in [4.78, 5) is 38.9. The van der Waals surface area contributed by atoms with E-state index in [-0.39, 0.29) is 30.5 Å².